The summed E-state index contributed by atoms with van der Waals surface area (Å²) < 4.78 is 10.5. The molecule has 2 saturated carbocycles. The van der Waals surface area contributed by atoms with Gasteiger partial charge >= 0.3 is 0 Å². The van der Waals surface area contributed by atoms with Gasteiger partial charge in [0.1, 0.15) is 11.5 Å². The second-order valence-electron chi connectivity index (χ2n) is 8.38. The summed E-state index contributed by atoms with van der Waals surface area (Å²) in [4.78, 5) is 27.5. The molecule has 1 aromatic carbocycles. The Kier molecular flexibility index (Phi) is 5.47. The number of ether oxygens (including phenoxy) is 2. The van der Waals surface area contributed by atoms with Crippen LogP contribution in [0.1, 0.15) is 48.9 Å². The maximum absolute atomic E-state index is 12.9. The van der Waals surface area contributed by atoms with Crippen LogP contribution in [0.4, 0.5) is 0 Å². The quantitative estimate of drug-likeness (QED) is 0.782. The molecule has 1 N–H and O–H groups in total. The molecule has 1 aliphatic heterocycles. The predicted molar refractivity (Wildman–Crippen MR) is 106 cm³/mol. The highest BCUT2D eigenvalue weighted by atomic mass is 16.5. The van der Waals surface area contributed by atoms with Gasteiger partial charge in [-0.05, 0) is 62.5 Å². The standard InChI is InChI=1S/C22H30N2O4/c1-27-18-11-17(12-19(13-18)28-2)22(26)24-9-7-16(8-10-24)21(25)23-20(14-3-4-14)15-5-6-15/h11-16,20H,3-10H2,1-2H3,(H,23,25). The van der Waals surface area contributed by atoms with Crippen LogP contribution in [-0.4, -0.2) is 50.1 Å². The SMILES string of the molecule is COc1cc(OC)cc(C(=O)N2CCC(C(=O)NC(C3CC3)C3CC3)CC2)c1. The lowest BCUT2D eigenvalue weighted by molar-refractivity contribution is -0.127. The van der Waals surface area contributed by atoms with Crippen molar-refractivity contribution in [1.29, 1.82) is 0 Å². The molecule has 0 atom stereocenters. The molecule has 2 aliphatic carbocycles. The average Bonchev–Trinajstić information content (AvgIpc) is 3.64. The van der Waals surface area contributed by atoms with Gasteiger partial charge < -0.3 is 19.7 Å². The van der Waals surface area contributed by atoms with E-state index in [1.165, 1.54) is 25.7 Å². The molecule has 1 aromatic rings. The molecule has 0 bridgehead atoms. The number of carbonyl (C=O) groups is 2. The molecule has 3 aliphatic rings. The lowest BCUT2D eigenvalue weighted by Gasteiger charge is -2.32. The van der Waals surface area contributed by atoms with Crippen LogP contribution in [0.15, 0.2) is 18.2 Å². The van der Waals surface area contributed by atoms with Crippen molar-refractivity contribution in [2.75, 3.05) is 27.3 Å². The number of amides is 2. The fourth-order valence-corrected chi connectivity index (χ4v) is 4.27. The van der Waals surface area contributed by atoms with Gasteiger partial charge in [-0.25, -0.2) is 0 Å². The zero-order chi connectivity index (χ0) is 19.7. The second kappa shape index (κ2) is 8.02. The number of hydrogen-bond acceptors (Lipinski definition) is 4. The molecule has 0 spiro atoms. The first-order valence-corrected chi connectivity index (χ1v) is 10.4. The van der Waals surface area contributed by atoms with Crippen LogP contribution in [-0.2, 0) is 4.79 Å². The van der Waals surface area contributed by atoms with Gasteiger partial charge in [-0.3, -0.25) is 9.59 Å². The van der Waals surface area contributed by atoms with Gasteiger partial charge in [0, 0.05) is 36.7 Å². The maximum atomic E-state index is 12.9. The van der Waals surface area contributed by atoms with E-state index in [-0.39, 0.29) is 17.7 Å². The molecular formula is C22H30N2O4. The molecule has 152 valence electrons. The lowest BCUT2D eigenvalue weighted by atomic mass is 9.94. The summed E-state index contributed by atoms with van der Waals surface area (Å²) >= 11 is 0. The molecule has 3 fully saturated rings. The molecule has 0 aromatic heterocycles. The molecule has 0 unspecified atom stereocenters. The molecule has 1 heterocycles. The molecule has 6 nitrogen and oxygen atoms in total. The molecule has 28 heavy (non-hydrogen) atoms. The minimum Gasteiger partial charge on any atom is -0.497 e. The van der Waals surface area contributed by atoms with E-state index in [1.807, 2.05) is 4.90 Å². The number of rotatable bonds is 7. The molecule has 6 heteroatoms. The third-order valence-electron chi connectivity index (χ3n) is 6.32. The Balaban J connectivity index is 1.33. The monoisotopic (exact) mass is 386 g/mol. The van der Waals surface area contributed by atoms with Gasteiger partial charge in [0.25, 0.3) is 5.91 Å². The molecular weight excluding hydrogens is 356 g/mol. The van der Waals surface area contributed by atoms with Crippen molar-refractivity contribution >= 4 is 11.8 Å². The number of likely N-dealkylation sites (tertiary alicyclic amines) is 1. The Morgan fingerprint density at radius 2 is 1.46 bits per heavy atom. The Morgan fingerprint density at radius 1 is 0.929 bits per heavy atom. The van der Waals surface area contributed by atoms with E-state index in [1.54, 1.807) is 32.4 Å². The fourth-order valence-electron chi connectivity index (χ4n) is 4.27. The summed E-state index contributed by atoms with van der Waals surface area (Å²) in [5, 5.41) is 3.34. The van der Waals surface area contributed by atoms with Gasteiger partial charge in [-0.15, -0.1) is 0 Å². The Morgan fingerprint density at radius 3 is 1.93 bits per heavy atom. The van der Waals surface area contributed by atoms with Gasteiger partial charge in [-0.2, -0.15) is 0 Å². The smallest absolute Gasteiger partial charge is 0.254 e. The van der Waals surface area contributed by atoms with Crippen LogP contribution in [0.3, 0.4) is 0 Å². The number of carbonyl (C=O) groups excluding carboxylic acids is 2. The van der Waals surface area contributed by atoms with E-state index < -0.39 is 0 Å². The summed E-state index contributed by atoms with van der Waals surface area (Å²) in [7, 11) is 3.15. The number of nitrogens with one attached hydrogen (secondary N) is 1. The number of benzene rings is 1. The van der Waals surface area contributed by atoms with E-state index >= 15 is 0 Å². The van der Waals surface area contributed by atoms with Crippen LogP contribution < -0.4 is 14.8 Å². The topological polar surface area (TPSA) is 67.9 Å². The zero-order valence-corrected chi connectivity index (χ0v) is 16.8. The number of piperidine rings is 1. The van der Waals surface area contributed by atoms with E-state index in [4.69, 9.17) is 9.47 Å². The van der Waals surface area contributed by atoms with Gasteiger partial charge in [0.2, 0.25) is 5.91 Å². The summed E-state index contributed by atoms with van der Waals surface area (Å²) in [5.74, 6) is 2.79. The third-order valence-corrected chi connectivity index (χ3v) is 6.32. The van der Waals surface area contributed by atoms with E-state index in [2.05, 4.69) is 5.32 Å². The lowest BCUT2D eigenvalue weighted by Crippen LogP contribution is -2.46. The minimum absolute atomic E-state index is 0.0175. The van der Waals surface area contributed by atoms with Gasteiger partial charge in [0.15, 0.2) is 0 Å². The zero-order valence-electron chi connectivity index (χ0n) is 16.8. The van der Waals surface area contributed by atoms with Crippen molar-refractivity contribution in [2.45, 2.75) is 44.6 Å². The highest BCUT2D eigenvalue weighted by molar-refractivity contribution is 5.95. The van der Waals surface area contributed by atoms with E-state index in [0.29, 0.717) is 48.0 Å². The Labute approximate surface area is 166 Å². The van der Waals surface area contributed by atoms with Crippen LogP contribution >= 0.6 is 0 Å². The first kappa shape index (κ1) is 19.1. The van der Waals surface area contributed by atoms with E-state index in [9.17, 15) is 9.59 Å². The van der Waals surface area contributed by atoms with Gasteiger partial charge in [0.05, 0.1) is 14.2 Å². The largest absolute Gasteiger partial charge is 0.497 e. The van der Waals surface area contributed by atoms with Crippen molar-refractivity contribution in [1.82, 2.24) is 10.2 Å². The van der Waals surface area contributed by atoms with Crippen molar-refractivity contribution in [3.63, 3.8) is 0 Å². The third kappa shape index (κ3) is 4.26. The first-order chi connectivity index (χ1) is 13.6. The summed E-state index contributed by atoms with van der Waals surface area (Å²) in [6.07, 6.45) is 6.50. The average molecular weight is 386 g/mol. The van der Waals surface area contributed by atoms with Crippen molar-refractivity contribution in [3.05, 3.63) is 23.8 Å². The highest BCUT2D eigenvalue weighted by Gasteiger charge is 2.43. The molecule has 2 amide bonds. The van der Waals surface area contributed by atoms with Crippen molar-refractivity contribution < 1.29 is 19.1 Å². The number of hydrogen-bond donors (Lipinski definition) is 1. The number of methoxy groups -OCH3 is 2. The normalized spacial score (nSPS) is 20.2. The predicted octanol–water partition coefficient (Wildman–Crippen LogP) is 2.86. The Hall–Kier alpha value is -2.24. The fraction of sp³-hybridized carbons (Fsp3) is 0.636. The minimum atomic E-state index is -0.0371. The molecule has 1 saturated heterocycles. The summed E-state index contributed by atoms with van der Waals surface area (Å²) in [5.41, 5.74) is 0.557. The van der Waals surface area contributed by atoms with Crippen LogP contribution in [0.5, 0.6) is 11.5 Å². The first-order valence-electron chi connectivity index (χ1n) is 10.4. The molecule has 0 radical (unpaired) electrons. The Bertz CT molecular complexity index is 700. The number of nitrogens with zero attached hydrogens (tertiary/aromatic N) is 1. The second-order valence-corrected chi connectivity index (χ2v) is 8.38. The van der Waals surface area contributed by atoms with Crippen LogP contribution in [0, 0.1) is 17.8 Å². The van der Waals surface area contributed by atoms with Crippen LogP contribution in [0.25, 0.3) is 0 Å². The summed E-state index contributed by atoms with van der Waals surface area (Å²) in [6.45, 7) is 1.21. The van der Waals surface area contributed by atoms with Gasteiger partial charge in [-0.1, -0.05) is 0 Å². The summed E-state index contributed by atoms with van der Waals surface area (Å²) in [6, 6.07) is 5.62. The maximum Gasteiger partial charge on any atom is 0.254 e. The van der Waals surface area contributed by atoms with Crippen molar-refractivity contribution in [2.24, 2.45) is 17.8 Å². The molecule has 4 rings (SSSR count). The van der Waals surface area contributed by atoms with Crippen LogP contribution in [0.2, 0.25) is 0 Å². The van der Waals surface area contributed by atoms with E-state index in [0.717, 1.165) is 12.8 Å². The van der Waals surface area contributed by atoms with Crippen molar-refractivity contribution in [3.8, 4) is 11.5 Å². The highest BCUT2D eigenvalue weighted by Crippen LogP contribution is 2.44.